The van der Waals surface area contributed by atoms with Gasteiger partial charge < -0.3 is 25.0 Å². The third-order valence-corrected chi connectivity index (χ3v) is 6.74. The molecule has 2 aromatic carbocycles. The molecule has 1 atom stereocenters. The maximum absolute atomic E-state index is 12.6. The van der Waals surface area contributed by atoms with Crippen LogP contribution in [0.15, 0.2) is 48.5 Å². The van der Waals surface area contributed by atoms with E-state index in [1.807, 2.05) is 31.2 Å². The Balaban J connectivity index is 1.20. The molecule has 2 aromatic rings. The number of para-hydroxylation sites is 1. The third-order valence-electron chi connectivity index (χ3n) is 6.74. The van der Waals surface area contributed by atoms with Crippen molar-refractivity contribution < 1.29 is 23.9 Å². The standard InChI is InChI=1S/C28H36N4O5/c1-2-21-6-3-4-7-25(21)30-26(33)20-37-24-10-8-23(9-11-24)32-19-22(18-27(32)34)28(35)29-12-5-13-31-14-16-36-17-15-31/h3-4,6-11,22H,2,5,12-20H2,1H3,(H,29,35)(H,30,33)/t22-/m1/s1. The number of morpholine rings is 1. The number of anilines is 2. The van der Waals surface area contributed by atoms with Gasteiger partial charge in [0.1, 0.15) is 5.75 Å². The van der Waals surface area contributed by atoms with Gasteiger partial charge in [0.25, 0.3) is 5.91 Å². The first-order chi connectivity index (χ1) is 18.0. The highest BCUT2D eigenvalue weighted by atomic mass is 16.5. The highest BCUT2D eigenvalue weighted by Crippen LogP contribution is 2.27. The lowest BCUT2D eigenvalue weighted by Crippen LogP contribution is -2.39. The van der Waals surface area contributed by atoms with Crippen molar-refractivity contribution >= 4 is 29.1 Å². The van der Waals surface area contributed by atoms with Gasteiger partial charge in [-0.1, -0.05) is 25.1 Å². The minimum atomic E-state index is -0.360. The monoisotopic (exact) mass is 508 g/mol. The minimum Gasteiger partial charge on any atom is -0.484 e. The summed E-state index contributed by atoms with van der Waals surface area (Å²) >= 11 is 0. The zero-order valence-electron chi connectivity index (χ0n) is 21.4. The molecule has 2 N–H and O–H groups in total. The van der Waals surface area contributed by atoms with Crippen molar-refractivity contribution in [1.82, 2.24) is 10.2 Å². The second kappa shape index (κ2) is 13.2. The van der Waals surface area contributed by atoms with Crippen LogP contribution in [-0.2, 0) is 25.5 Å². The van der Waals surface area contributed by atoms with Crippen molar-refractivity contribution in [1.29, 1.82) is 0 Å². The predicted octanol–water partition coefficient (Wildman–Crippen LogP) is 2.46. The van der Waals surface area contributed by atoms with Crippen LogP contribution in [0.3, 0.4) is 0 Å². The smallest absolute Gasteiger partial charge is 0.262 e. The number of benzene rings is 2. The molecule has 2 fully saturated rings. The highest BCUT2D eigenvalue weighted by molar-refractivity contribution is 6.00. The summed E-state index contributed by atoms with van der Waals surface area (Å²) in [5.74, 6) is -0.214. The average Bonchev–Trinajstić information content (AvgIpc) is 3.32. The molecule has 9 nitrogen and oxygen atoms in total. The molecule has 4 rings (SSSR count). The fourth-order valence-corrected chi connectivity index (χ4v) is 4.62. The fraction of sp³-hybridized carbons (Fsp3) is 0.464. The lowest BCUT2D eigenvalue weighted by Gasteiger charge is -2.26. The van der Waals surface area contributed by atoms with Crippen LogP contribution < -0.4 is 20.3 Å². The number of ether oxygens (including phenoxy) is 2. The van der Waals surface area contributed by atoms with E-state index in [4.69, 9.17) is 9.47 Å². The molecule has 2 saturated heterocycles. The second-order valence-corrected chi connectivity index (χ2v) is 9.35. The van der Waals surface area contributed by atoms with Crippen LogP contribution >= 0.6 is 0 Å². The Kier molecular flexibility index (Phi) is 9.51. The van der Waals surface area contributed by atoms with Crippen molar-refractivity contribution in [2.75, 3.05) is 62.8 Å². The summed E-state index contributed by atoms with van der Waals surface area (Å²) in [6.45, 7) is 7.21. The molecule has 0 aromatic heterocycles. The SMILES string of the molecule is CCc1ccccc1NC(=O)COc1ccc(N2C[C@H](C(=O)NCCCN3CCOCC3)CC2=O)cc1. The molecule has 0 saturated carbocycles. The van der Waals surface area contributed by atoms with E-state index in [-0.39, 0.29) is 36.7 Å². The van der Waals surface area contributed by atoms with Gasteiger partial charge in [-0.2, -0.15) is 0 Å². The van der Waals surface area contributed by atoms with E-state index in [9.17, 15) is 14.4 Å². The summed E-state index contributed by atoms with van der Waals surface area (Å²) in [5.41, 5.74) is 2.56. The van der Waals surface area contributed by atoms with Gasteiger partial charge in [0.15, 0.2) is 6.61 Å². The van der Waals surface area contributed by atoms with Gasteiger partial charge in [0.05, 0.1) is 19.1 Å². The fourth-order valence-electron chi connectivity index (χ4n) is 4.62. The molecule has 0 radical (unpaired) electrons. The molecule has 198 valence electrons. The molecular formula is C28H36N4O5. The van der Waals surface area contributed by atoms with Gasteiger partial charge in [-0.25, -0.2) is 0 Å². The normalized spacial score (nSPS) is 18.0. The molecule has 9 heteroatoms. The van der Waals surface area contributed by atoms with E-state index in [2.05, 4.69) is 15.5 Å². The second-order valence-electron chi connectivity index (χ2n) is 9.35. The summed E-state index contributed by atoms with van der Waals surface area (Å²) in [5, 5.41) is 5.87. The first-order valence-corrected chi connectivity index (χ1v) is 13.0. The molecule has 2 aliphatic heterocycles. The molecule has 2 aliphatic rings. The number of hydrogen-bond donors (Lipinski definition) is 2. The van der Waals surface area contributed by atoms with E-state index in [0.717, 1.165) is 56.9 Å². The van der Waals surface area contributed by atoms with Gasteiger partial charge in [-0.05, 0) is 55.3 Å². The Morgan fingerprint density at radius 1 is 1.08 bits per heavy atom. The number of carbonyl (C=O) groups excluding carboxylic acids is 3. The summed E-state index contributed by atoms with van der Waals surface area (Å²) in [7, 11) is 0. The van der Waals surface area contributed by atoms with Gasteiger partial charge in [0.2, 0.25) is 11.8 Å². The molecule has 0 aliphatic carbocycles. The largest absolute Gasteiger partial charge is 0.484 e. The minimum absolute atomic E-state index is 0.0731. The van der Waals surface area contributed by atoms with Crippen LogP contribution in [0.2, 0.25) is 0 Å². The van der Waals surface area contributed by atoms with Crippen LogP contribution in [0.4, 0.5) is 11.4 Å². The van der Waals surface area contributed by atoms with Gasteiger partial charge in [-0.3, -0.25) is 19.3 Å². The zero-order valence-corrected chi connectivity index (χ0v) is 21.4. The maximum atomic E-state index is 12.6. The Morgan fingerprint density at radius 2 is 1.84 bits per heavy atom. The molecule has 2 heterocycles. The van der Waals surface area contributed by atoms with Crippen LogP contribution in [0.5, 0.6) is 5.75 Å². The summed E-state index contributed by atoms with van der Waals surface area (Å²) < 4.78 is 11.0. The van der Waals surface area contributed by atoms with Crippen molar-refractivity contribution in [3.8, 4) is 5.75 Å². The number of amides is 3. The molecule has 3 amide bonds. The summed E-state index contributed by atoms with van der Waals surface area (Å²) in [4.78, 5) is 41.5. The molecule has 0 bridgehead atoms. The maximum Gasteiger partial charge on any atom is 0.262 e. The number of rotatable bonds is 11. The zero-order chi connectivity index (χ0) is 26.0. The van der Waals surface area contributed by atoms with Gasteiger partial charge >= 0.3 is 0 Å². The van der Waals surface area contributed by atoms with Crippen molar-refractivity contribution in [3.05, 3.63) is 54.1 Å². The molecular weight excluding hydrogens is 472 g/mol. The Morgan fingerprint density at radius 3 is 2.59 bits per heavy atom. The van der Waals surface area contributed by atoms with Gasteiger partial charge in [0, 0.05) is 44.0 Å². The van der Waals surface area contributed by atoms with Gasteiger partial charge in [-0.15, -0.1) is 0 Å². The number of nitrogens with zero attached hydrogens (tertiary/aromatic N) is 2. The van der Waals surface area contributed by atoms with E-state index >= 15 is 0 Å². The van der Waals surface area contributed by atoms with Crippen LogP contribution in [0.25, 0.3) is 0 Å². The first-order valence-electron chi connectivity index (χ1n) is 13.0. The van der Waals surface area contributed by atoms with Crippen LogP contribution in [-0.4, -0.2) is 75.2 Å². The van der Waals surface area contributed by atoms with Crippen LogP contribution in [0, 0.1) is 5.92 Å². The van der Waals surface area contributed by atoms with Crippen molar-refractivity contribution in [2.24, 2.45) is 5.92 Å². The Bertz CT molecular complexity index is 1070. The lowest BCUT2D eigenvalue weighted by atomic mass is 10.1. The topological polar surface area (TPSA) is 100 Å². The van der Waals surface area contributed by atoms with Crippen molar-refractivity contribution in [2.45, 2.75) is 26.2 Å². The Hall–Kier alpha value is -3.43. The van der Waals surface area contributed by atoms with E-state index < -0.39 is 0 Å². The number of carbonyl (C=O) groups is 3. The molecule has 0 unspecified atom stereocenters. The lowest BCUT2D eigenvalue weighted by molar-refractivity contribution is -0.126. The Labute approximate surface area is 218 Å². The number of hydrogen-bond acceptors (Lipinski definition) is 6. The molecule has 0 spiro atoms. The summed E-state index contributed by atoms with van der Waals surface area (Å²) in [6, 6.07) is 14.7. The number of nitrogens with one attached hydrogen (secondary N) is 2. The quantitative estimate of drug-likeness (QED) is 0.453. The first kappa shape index (κ1) is 26.6. The average molecular weight is 509 g/mol. The van der Waals surface area contributed by atoms with E-state index in [1.54, 1.807) is 29.2 Å². The summed E-state index contributed by atoms with van der Waals surface area (Å²) in [6.07, 6.45) is 1.90. The third kappa shape index (κ3) is 7.53. The predicted molar refractivity (Wildman–Crippen MR) is 142 cm³/mol. The molecule has 37 heavy (non-hydrogen) atoms. The van der Waals surface area contributed by atoms with Crippen LogP contribution in [0.1, 0.15) is 25.3 Å². The van der Waals surface area contributed by atoms with E-state index in [0.29, 0.717) is 24.5 Å². The highest BCUT2D eigenvalue weighted by Gasteiger charge is 2.35. The van der Waals surface area contributed by atoms with E-state index in [1.165, 1.54) is 0 Å². The number of aryl methyl sites for hydroxylation is 1. The van der Waals surface area contributed by atoms with Crippen molar-refractivity contribution in [3.63, 3.8) is 0 Å².